The van der Waals surface area contributed by atoms with Crippen molar-refractivity contribution in [3.05, 3.63) is 41.9 Å². The number of ketones is 1. The van der Waals surface area contributed by atoms with E-state index in [0.717, 1.165) is 6.07 Å². The van der Waals surface area contributed by atoms with Gasteiger partial charge >= 0.3 is 6.18 Å². The maximum atomic E-state index is 12.7. The molecule has 0 aromatic carbocycles. The predicted molar refractivity (Wildman–Crippen MR) is 70.0 cm³/mol. The lowest BCUT2D eigenvalue weighted by Crippen LogP contribution is -2.04. The molecule has 5 nitrogen and oxygen atoms in total. The minimum absolute atomic E-state index is 0.0226. The van der Waals surface area contributed by atoms with Gasteiger partial charge in [0.25, 0.3) is 0 Å². The van der Waals surface area contributed by atoms with Crippen molar-refractivity contribution >= 4 is 17.0 Å². The number of rotatable bonds is 2. The number of hydrogen-bond acceptors (Lipinski definition) is 5. The summed E-state index contributed by atoms with van der Waals surface area (Å²) >= 11 is 0. The highest BCUT2D eigenvalue weighted by Gasteiger charge is 2.31. The van der Waals surface area contributed by atoms with Crippen LogP contribution in [0, 0.1) is 0 Å². The van der Waals surface area contributed by atoms with E-state index in [-0.39, 0.29) is 28.5 Å². The van der Waals surface area contributed by atoms with Crippen LogP contribution in [-0.2, 0) is 6.18 Å². The Bertz CT molecular complexity index is 871. The van der Waals surface area contributed by atoms with Crippen LogP contribution < -0.4 is 0 Å². The highest BCUT2D eigenvalue weighted by molar-refractivity contribution is 5.99. The van der Waals surface area contributed by atoms with E-state index < -0.39 is 11.7 Å². The minimum atomic E-state index is -4.51. The fourth-order valence-corrected chi connectivity index (χ4v) is 1.95. The molecule has 0 atom stereocenters. The van der Waals surface area contributed by atoms with Crippen LogP contribution in [0.1, 0.15) is 22.8 Å². The van der Waals surface area contributed by atoms with Crippen molar-refractivity contribution in [2.75, 3.05) is 0 Å². The number of hydrogen-bond donors (Lipinski definition) is 0. The van der Waals surface area contributed by atoms with Crippen LogP contribution in [0.3, 0.4) is 0 Å². The number of alkyl halides is 3. The van der Waals surface area contributed by atoms with E-state index in [1.807, 2.05) is 0 Å². The smallest absolute Gasteiger partial charge is 0.417 e. The molecule has 22 heavy (non-hydrogen) atoms. The fraction of sp³-hybridized carbons (Fsp3) is 0.143. The topological polar surface area (TPSA) is 68.9 Å². The van der Waals surface area contributed by atoms with E-state index >= 15 is 0 Å². The van der Waals surface area contributed by atoms with Crippen LogP contribution in [-0.4, -0.2) is 20.7 Å². The largest absolute Gasteiger partial charge is 0.418 e. The summed E-state index contributed by atoms with van der Waals surface area (Å²) in [4.78, 5) is 23.0. The summed E-state index contributed by atoms with van der Waals surface area (Å²) in [5.41, 5.74) is -0.356. The predicted octanol–water partition coefficient (Wildman–Crippen LogP) is 3.51. The van der Waals surface area contributed by atoms with Gasteiger partial charge in [-0.3, -0.25) is 9.78 Å². The first-order valence-electron chi connectivity index (χ1n) is 6.15. The van der Waals surface area contributed by atoms with Gasteiger partial charge in [0, 0.05) is 24.2 Å². The molecule has 0 unspecified atom stereocenters. The summed E-state index contributed by atoms with van der Waals surface area (Å²) < 4.78 is 43.3. The number of fused-ring (bicyclic) bond motifs is 1. The molecule has 3 aromatic heterocycles. The Morgan fingerprint density at radius 2 is 2.05 bits per heavy atom. The normalized spacial score (nSPS) is 11.8. The molecule has 0 amide bonds. The van der Waals surface area contributed by atoms with E-state index in [9.17, 15) is 18.0 Å². The van der Waals surface area contributed by atoms with Gasteiger partial charge in [-0.15, -0.1) is 0 Å². The van der Waals surface area contributed by atoms with Crippen molar-refractivity contribution in [2.45, 2.75) is 13.1 Å². The minimum Gasteiger partial charge on any atom is -0.418 e. The zero-order valence-electron chi connectivity index (χ0n) is 11.2. The lowest BCUT2D eigenvalue weighted by atomic mass is 10.1. The molecule has 0 radical (unpaired) electrons. The van der Waals surface area contributed by atoms with Crippen molar-refractivity contribution in [1.82, 2.24) is 15.0 Å². The number of carbonyl (C=O) groups is 1. The van der Waals surface area contributed by atoms with Crippen LogP contribution in [0.4, 0.5) is 13.2 Å². The molecule has 3 aromatic rings. The fourth-order valence-electron chi connectivity index (χ4n) is 1.95. The number of halogens is 3. The molecule has 3 rings (SSSR count). The van der Waals surface area contributed by atoms with Crippen molar-refractivity contribution in [3.63, 3.8) is 0 Å². The summed E-state index contributed by atoms with van der Waals surface area (Å²) in [6, 6.07) is 2.36. The van der Waals surface area contributed by atoms with E-state index in [2.05, 4.69) is 15.0 Å². The standard InChI is InChI=1S/C14H8F3N3O2/c1-7(21)10-6-18-3-2-9(10)12-20-11-4-8(14(15,16)17)5-19-13(11)22-12/h2-6H,1H3. The third kappa shape index (κ3) is 2.43. The molecule has 3 heterocycles. The first-order chi connectivity index (χ1) is 10.4. The summed E-state index contributed by atoms with van der Waals surface area (Å²) in [6.07, 6.45) is -1.05. The van der Waals surface area contributed by atoms with E-state index in [0.29, 0.717) is 11.8 Å². The van der Waals surface area contributed by atoms with Gasteiger partial charge in [-0.2, -0.15) is 13.2 Å². The van der Waals surface area contributed by atoms with Gasteiger partial charge in [0.15, 0.2) is 5.78 Å². The summed E-state index contributed by atoms with van der Waals surface area (Å²) in [5.74, 6) is -0.233. The Hall–Kier alpha value is -2.77. The Morgan fingerprint density at radius 3 is 2.73 bits per heavy atom. The van der Waals surface area contributed by atoms with Crippen LogP contribution >= 0.6 is 0 Å². The molecule has 0 bridgehead atoms. The summed E-state index contributed by atoms with van der Waals surface area (Å²) in [6.45, 7) is 1.35. The van der Waals surface area contributed by atoms with Gasteiger partial charge < -0.3 is 4.42 Å². The average molecular weight is 307 g/mol. The van der Waals surface area contributed by atoms with Crippen molar-refractivity contribution in [3.8, 4) is 11.5 Å². The van der Waals surface area contributed by atoms with Gasteiger partial charge in [0.05, 0.1) is 11.1 Å². The summed E-state index contributed by atoms with van der Waals surface area (Å²) in [5, 5.41) is 0. The van der Waals surface area contributed by atoms with Gasteiger partial charge in [-0.1, -0.05) is 0 Å². The zero-order chi connectivity index (χ0) is 15.9. The second-order valence-corrected chi connectivity index (χ2v) is 4.54. The van der Waals surface area contributed by atoms with Crippen LogP contribution in [0.5, 0.6) is 0 Å². The third-order valence-corrected chi connectivity index (χ3v) is 3.01. The monoisotopic (exact) mass is 307 g/mol. The number of pyridine rings is 2. The van der Waals surface area contributed by atoms with Crippen LogP contribution in [0.15, 0.2) is 35.1 Å². The molecular formula is C14H8F3N3O2. The number of oxazole rings is 1. The van der Waals surface area contributed by atoms with E-state index in [1.165, 1.54) is 25.4 Å². The maximum Gasteiger partial charge on any atom is 0.417 e. The second-order valence-electron chi connectivity index (χ2n) is 4.54. The highest BCUT2D eigenvalue weighted by Crippen LogP contribution is 2.32. The molecule has 112 valence electrons. The number of aromatic nitrogens is 3. The molecule has 0 aliphatic heterocycles. The lowest BCUT2D eigenvalue weighted by molar-refractivity contribution is -0.137. The zero-order valence-corrected chi connectivity index (χ0v) is 11.2. The van der Waals surface area contributed by atoms with E-state index in [4.69, 9.17) is 4.42 Å². The van der Waals surface area contributed by atoms with Crippen LogP contribution in [0.2, 0.25) is 0 Å². The van der Waals surface area contributed by atoms with Crippen molar-refractivity contribution < 1.29 is 22.4 Å². The first kappa shape index (κ1) is 14.2. The third-order valence-electron chi connectivity index (χ3n) is 3.01. The van der Waals surface area contributed by atoms with Crippen molar-refractivity contribution in [2.24, 2.45) is 0 Å². The molecule has 0 spiro atoms. The first-order valence-corrected chi connectivity index (χ1v) is 6.15. The molecule has 8 heteroatoms. The Kier molecular flexibility index (Phi) is 3.16. The Morgan fingerprint density at radius 1 is 1.27 bits per heavy atom. The number of nitrogens with zero attached hydrogens (tertiary/aromatic N) is 3. The SMILES string of the molecule is CC(=O)c1cnccc1-c1nc2cc(C(F)(F)F)cnc2o1. The van der Waals surface area contributed by atoms with E-state index in [1.54, 1.807) is 0 Å². The van der Waals surface area contributed by atoms with Gasteiger partial charge in [-0.05, 0) is 19.1 Å². The number of carbonyl (C=O) groups excluding carboxylic acids is 1. The molecule has 0 N–H and O–H groups in total. The highest BCUT2D eigenvalue weighted by atomic mass is 19.4. The molecule has 0 saturated carbocycles. The Balaban J connectivity index is 2.16. The maximum absolute atomic E-state index is 12.7. The quantitative estimate of drug-likeness (QED) is 0.678. The molecule has 0 aliphatic rings. The lowest BCUT2D eigenvalue weighted by Gasteiger charge is -2.03. The Labute approximate surface area is 121 Å². The molecular weight excluding hydrogens is 299 g/mol. The van der Waals surface area contributed by atoms with Crippen molar-refractivity contribution in [1.29, 1.82) is 0 Å². The van der Waals surface area contributed by atoms with Crippen LogP contribution in [0.25, 0.3) is 22.7 Å². The van der Waals surface area contributed by atoms with Gasteiger partial charge in [0.1, 0.15) is 5.52 Å². The average Bonchev–Trinajstić information content (AvgIpc) is 2.89. The molecule has 0 fully saturated rings. The summed E-state index contributed by atoms with van der Waals surface area (Å²) in [7, 11) is 0. The van der Waals surface area contributed by atoms with Gasteiger partial charge in [-0.25, -0.2) is 9.97 Å². The number of Topliss-reactive ketones (excluding diaryl/α,β-unsaturated/α-hetero) is 1. The molecule has 0 aliphatic carbocycles. The molecule has 0 saturated heterocycles. The van der Waals surface area contributed by atoms with Gasteiger partial charge in [0.2, 0.25) is 11.6 Å². The second kappa shape index (κ2) is 4.90.